The minimum Gasteiger partial charge on any atom is -0.377 e. The summed E-state index contributed by atoms with van der Waals surface area (Å²) in [6.07, 6.45) is 0. The van der Waals surface area contributed by atoms with Crippen LogP contribution in [0.15, 0.2) is 10.6 Å². The van der Waals surface area contributed by atoms with E-state index in [0.717, 1.165) is 24.5 Å². The van der Waals surface area contributed by atoms with Crippen molar-refractivity contribution in [2.24, 2.45) is 0 Å². The number of aromatic nitrogens is 1. The zero-order valence-electron chi connectivity index (χ0n) is 10.5. The van der Waals surface area contributed by atoms with Crippen molar-refractivity contribution in [2.75, 3.05) is 27.7 Å². The van der Waals surface area contributed by atoms with Crippen molar-refractivity contribution in [2.45, 2.75) is 26.1 Å². The van der Waals surface area contributed by atoms with Crippen LogP contribution in [-0.2, 0) is 17.9 Å². The quantitative estimate of drug-likeness (QED) is 0.748. The van der Waals surface area contributed by atoms with Crippen LogP contribution in [0.2, 0.25) is 0 Å². The molecule has 0 radical (unpaired) electrons. The van der Waals surface area contributed by atoms with Gasteiger partial charge in [0.25, 0.3) is 0 Å². The number of hydrogen-bond acceptors (Lipinski definition) is 5. The van der Waals surface area contributed by atoms with E-state index in [0.29, 0.717) is 12.6 Å². The lowest BCUT2D eigenvalue weighted by molar-refractivity contribution is 0.155. The van der Waals surface area contributed by atoms with Gasteiger partial charge in [-0.1, -0.05) is 5.16 Å². The van der Waals surface area contributed by atoms with Gasteiger partial charge in [0.2, 0.25) is 0 Å². The second kappa shape index (κ2) is 6.62. The van der Waals surface area contributed by atoms with Gasteiger partial charge in [-0.05, 0) is 21.0 Å². The normalized spacial score (nSPS) is 13.3. The van der Waals surface area contributed by atoms with Crippen LogP contribution in [0.4, 0.5) is 0 Å². The van der Waals surface area contributed by atoms with Gasteiger partial charge < -0.3 is 19.5 Å². The molecule has 1 aromatic rings. The number of nitrogens with zero attached hydrogens (tertiary/aromatic N) is 2. The number of ether oxygens (including phenoxy) is 1. The molecule has 0 aliphatic carbocycles. The van der Waals surface area contributed by atoms with Crippen molar-refractivity contribution in [3.05, 3.63) is 17.5 Å². The van der Waals surface area contributed by atoms with Gasteiger partial charge in [0.15, 0.2) is 5.76 Å². The fraction of sp³-hybridized carbons (Fsp3) is 0.727. The fourth-order valence-electron chi connectivity index (χ4n) is 1.54. The molecule has 1 atom stereocenters. The number of hydrogen-bond donors (Lipinski definition) is 1. The van der Waals surface area contributed by atoms with Gasteiger partial charge in [-0.3, -0.25) is 0 Å². The first-order chi connectivity index (χ1) is 7.61. The van der Waals surface area contributed by atoms with Gasteiger partial charge in [0.05, 0.1) is 5.69 Å². The van der Waals surface area contributed by atoms with Crippen LogP contribution < -0.4 is 5.32 Å². The van der Waals surface area contributed by atoms with Crippen molar-refractivity contribution < 1.29 is 9.26 Å². The molecule has 0 spiro atoms. The third kappa shape index (κ3) is 4.74. The lowest BCUT2D eigenvalue weighted by atomic mass is 10.3. The second-order valence-corrected chi connectivity index (χ2v) is 4.26. The first kappa shape index (κ1) is 13.2. The van der Waals surface area contributed by atoms with Gasteiger partial charge in [-0.15, -0.1) is 0 Å². The average molecular weight is 227 g/mol. The van der Waals surface area contributed by atoms with E-state index in [1.807, 2.05) is 6.07 Å². The minimum atomic E-state index is 0.428. The maximum absolute atomic E-state index is 5.09. The van der Waals surface area contributed by atoms with Crippen LogP contribution in [0.25, 0.3) is 0 Å². The smallest absolute Gasteiger partial charge is 0.162 e. The fourth-order valence-corrected chi connectivity index (χ4v) is 1.54. The van der Waals surface area contributed by atoms with E-state index < -0.39 is 0 Å². The van der Waals surface area contributed by atoms with Gasteiger partial charge >= 0.3 is 0 Å². The Morgan fingerprint density at radius 1 is 1.56 bits per heavy atom. The van der Waals surface area contributed by atoms with E-state index in [1.54, 1.807) is 7.11 Å². The van der Waals surface area contributed by atoms with E-state index in [1.165, 1.54) is 0 Å². The van der Waals surface area contributed by atoms with Crippen LogP contribution >= 0.6 is 0 Å². The Balaban J connectivity index is 2.30. The number of rotatable bonds is 7. The molecule has 1 aromatic heterocycles. The zero-order valence-corrected chi connectivity index (χ0v) is 10.5. The topological polar surface area (TPSA) is 50.5 Å². The van der Waals surface area contributed by atoms with Gasteiger partial charge in [-0.2, -0.15) is 0 Å². The van der Waals surface area contributed by atoms with Crippen molar-refractivity contribution in [3.63, 3.8) is 0 Å². The predicted molar refractivity (Wildman–Crippen MR) is 62.1 cm³/mol. The summed E-state index contributed by atoms with van der Waals surface area (Å²) >= 11 is 0. The molecule has 0 saturated carbocycles. The lowest BCUT2D eigenvalue weighted by Gasteiger charge is -2.17. The third-order valence-electron chi connectivity index (χ3n) is 2.17. The molecule has 0 aliphatic rings. The Labute approximate surface area is 96.7 Å². The second-order valence-electron chi connectivity index (χ2n) is 4.26. The summed E-state index contributed by atoms with van der Waals surface area (Å²) in [6, 6.07) is 2.34. The molecule has 1 rings (SSSR count). The molecule has 0 aliphatic heterocycles. The molecule has 16 heavy (non-hydrogen) atoms. The van der Waals surface area contributed by atoms with Crippen molar-refractivity contribution in [1.29, 1.82) is 0 Å². The first-order valence-electron chi connectivity index (χ1n) is 5.43. The Morgan fingerprint density at radius 3 is 2.94 bits per heavy atom. The van der Waals surface area contributed by atoms with E-state index >= 15 is 0 Å². The van der Waals surface area contributed by atoms with Crippen LogP contribution in [0, 0.1) is 0 Å². The van der Waals surface area contributed by atoms with Crippen LogP contribution in [0.1, 0.15) is 18.4 Å². The summed E-state index contributed by atoms with van der Waals surface area (Å²) in [6.45, 7) is 4.35. The summed E-state index contributed by atoms with van der Waals surface area (Å²) < 4.78 is 10.1. The first-order valence-corrected chi connectivity index (χ1v) is 5.43. The number of nitrogens with one attached hydrogen (secondary N) is 1. The molecule has 1 unspecified atom stereocenters. The van der Waals surface area contributed by atoms with E-state index in [9.17, 15) is 0 Å². The summed E-state index contributed by atoms with van der Waals surface area (Å²) in [5.41, 5.74) is 0.914. The maximum atomic E-state index is 5.09. The standard InChI is InChI=1S/C11H21N3O2/c1-9(7-14(2)3)12-6-10-5-11(8-15-4)16-13-10/h5,9,12H,6-8H2,1-4H3. The van der Waals surface area contributed by atoms with Crippen molar-refractivity contribution in [3.8, 4) is 0 Å². The van der Waals surface area contributed by atoms with Crippen molar-refractivity contribution in [1.82, 2.24) is 15.4 Å². The van der Waals surface area contributed by atoms with E-state index in [-0.39, 0.29) is 0 Å². The molecule has 92 valence electrons. The molecule has 5 heteroatoms. The monoisotopic (exact) mass is 227 g/mol. The number of likely N-dealkylation sites (N-methyl/N-ethyl adjacent to an activating group) is 1. The summed E-state index contributed by atoms with van der Waals surface area (Å²) in [5, 5.41) is 7.34. The summed E-state index contributed by atoms with van der Waals surface area (Å²) in [7, 11) is 5.76. The maximum Gasteiger partial charge on any atom is 0.162 e. The molecule has 1 heterocycles. The van der Waals surface area contributed by atoms with Gasteiger partial charge in [-0.25, -0.2) is 0 Å². The zero-order chi connectivity index (χ0) is 12.0. The molecule has 1 N–H and O–H groups in total. The third-order valence-corrected chi connectivity index (χ3v) is 2.17. The molecular weight excluding hydrogens is 206 g/mol. The van der Waals surface area contributed by atoms with E-state index in [2.05, 4.69) is 36.4 Å². The largest absolute Gasteiger partial charge is 0.377 e. The SMILES string of the molecule is COCc1cc(CNC(C)CN(C)C)no1. The number of methoxy groups -OCH3 is 1. The van der Waals surface area contributed by atoms with Crippen LogP contribution in [-0.4, -0.2) is 43.8 Å². The van der Waals surface area contributed by atoms with Gasteiger partial charge in [0.1, 0.15) is 6.61 Å². The highest BCUT2D eigenvalue weighted by Gasteiger charge is 2.06. The molecule has 0 fully saturated rings. The van der Waals surface area contributed by atoms with E-state index in [4.69, 9.17) is 9.26 Å². The molecular formula is C11H21N3O2. The average Bonchev–Trinajstić information content (AvgIpc) is 2.62. The predicted octanol–water partition coefficient (Wildman–Crippen LogP) is 0.861. The van der Waals surface area contributed by atoms with Crippen LogP contribution in [0.5, 0.6) is 0 Å². The highest BCUT2D eigenvalue weighted by molar-refractivity contribution is 5.04. The Bertz CT molecular complexity index is 299. The highest BCUT2D eigenvalue weighted by Crippen LogP contribution is 2.04. The summed E-state index contributed by atoms with van der Waals surface area (Å²) in [4.78, 5) is 2.15. The lowest BCUT2D eigenvalue weighted by Crippen LogP contribution is -2.35. The minimum absolute atomic E-state index is 0.428. The molecule has 5 nitrogen and oxygen atoms in total. The van der Waals surface area contributed by atoms with Gasteiger partial charge in [0, 0.05) is 32.3 Å². The molecule has 0 bridgehead atoms. The van der Waals surface area contributed by atoms with Crippen molar-refractivity contribution >= 4 is 0 Å². The Hall–Kier alpha value is -0.910. The summed E-state index contributed by atoms with van der Waals surface area (Å²) in [5.74, 6) is 0.763. The van der Waals surface area contributed by atoms with Crippen LogP contribution in [0.3, 0.4) is 0 Å². The molecule has 0 amide bonds. The Morgan fingerprint density at radius 2 is 2.31 bits per heavy atom. The highest BCUT2D eigenvalue weighted by atomic mass is 16.5. The molecule has 0 saturated heterocycles. The Kier molecular flexibility index (Phi) is 5.45. The molecule has 0 aromatic carbocycles.